The predicted octanol–water partition coefficient (Wildman–Crippen LogP) is 6.96. The lowest BCUT2D eigenvalue weighted by Crippen LogP contribution is -2.46. The maximum absolute atomic E-state index is 13.5. The summed E-state index contributed by atoms with van der Waals surface area (Å²) in [6.45, 7) is 0.506. The van der Waals surface area contributed by atoms with Gasteiger partial charge in [-0.25, -0.2) is 0 Å². The number of alkyl halides is 6. The molecule has 2 aliphatic rings. The second kappa shape index (κ2) is 8.91. The van der Waals surface area contributed by atoms with Crippen molar-refractivity contribution in [2.75, 3.05) is 31.1 Å². The van der Waals surface area contributed by atoms with Crippen LogP contribution in [0.2, 0.25) is 10.0 Å². The molecule has 3 nitrogen and oxygen atoms in total. The molecule has 2 aromatic carbocycles. The Hall–Kier alpha value is -1.97. The molecule has 1 spiro atoms. The van der Waals surface area contributed by atoms with Gasteiger partial charge in [-0.2, -0.15) is 26.3 Å². The molecule has 0 bridgehead atoms. The molecule has 184 valence electrons. The van der Waals surface area contributed by atoms with Crippen LogP contribution in [0.3, 0.4) is 0 Å². The van der Waals surface area contributed by atoms with E-state index in [4.69, 9.17) is 23.2 Å². The van der Waals surface area contributed by atoms with Gasteiger partial charge in [0.05, 0.1) is 27.6 Å². The van der Waals surface area contributed by atoms with Crippen LogP contribution in [0.1, 0.15) is 40.7 Å². The standard InChI is InChI=1S/C23H20Cl2F6N2O/c24-17-3-1-2-15(19(17)25)20(34)33-13-21(6-9-32(10-7-21)11-8-22(26,27)28)16-12-14(23(29,30)31)4-5-18(16)33/h1-5,12H,6-11,13H2. The molecule has 0 aliphatic carbocycles. The molecule has 1 saturated heterocycles. The van der Waals surface area contributed by atoms with Gasteiger partial charge in [0.1, 0.15) is 0 Å². The van der Waals surface area contributed by atoms with Crippen LogP contribution < -0.4 is 4.90 Å². The summed E-state index contributed by atoms with van der Waals surface area (Å²) in [5.41, 5.74) is -0.784. The zero-order chi connectivity index (χ0) is 24.9. The number of rotatable bonds is 3. The number of piperidine rings is 1. The van der Waals surface area contributed by atoms with E-state index in [2.05, 4.69) is 0 Å². The second-order valence-electron chi connectivity index (χ2n) is 8.71. The van der Waals surface area contributed by atoms with Gasteiger partial charge in [-0.1, -0.05) is 29.3 Å². The van der Waals surface area contributed by atoms with Crippen LogP contribution in [0.15, 0.2) is 36.4 Å². The Balaban J connectivity index is 1.67. The molecule has 2 heterocycles. The predicted molar refractivity (Wildman–Crippen MR) is 118 cm³/mol. The Kier molecular flexibility index (Phi) is 6.59. The van der Waals surface area contributed by atoms with Crippen LogP contribution in [-0.2, 0) is 11.6 Å². The fourth-order valence-electron chi connectivity index (χ4n) is 4.76. The SMILES string of the molecule is O=C(c1cccc(Cl)c1Cl)N1CC2(CCN(CCC(F)(F)F)CC2)c2cc(C(F)(F)F)ccc21. The Morgan fingerprint density at radius 2 is 1.68 bits per heavy atom. The normalized spacial score (nSPS) is 18.4. The summed E-state index contributed by atoms with van der Waals surface area (Å²) in [5, 5.41) is 0.220. The molecule has 2 aliphatic heterocycles. The van der Waals surface area contributed by atoms with Gasteiger partial charge >= 0.3 is 12.4 Å². The molecule has 1 amide bonds. The second-order valence-corrected chi connectivity index (χ2v) is 9.49. The first-order valence-corrected chi connectivity index (χ1v) is 11.3. The lowest BCUT2D eigenvalue weighted by molar-refractivity contribution is -0.138. The Labute approximate surface area is 202 Å². The molecule has 0 atom stereocenters. The number of fused-ring (bicyclic) bond motifs is 2. The quantitative estimate of drug-likeness (QED) is 0.405. The summed E-state index contributed by atoms with van der Waals surface area (Å²) in [4.78, 5) is 16.5. The maximum Gasteiger partial charge on any atom is 0.416 e. The minimum atomic E-state index is -4.57. The highest BCUT2D eigenvalue weighted by atomic mass is 35.5. The van der Waals surface area contributed by atoms with E-state index in [9.17, 15) is 31.1 Å². The van der Waals surface area contributed by atoms with Gasteiger partial charge in [-0.05, 0) is 61.8 Å². The Morgan fingerprint density at radius 3 is 2.29 bits per heavy atom. The van der Waals surface area contributed by atoms with Crippen molar-refractivity contribution < 1.29 is 31.1 Å². The zero-order valence-electron chi connectivity index (χ0n) is 17.7. The number of halogens is 8. The molecular formula is C23H20Cl2F6N2O. The molecule has 1 fully saturated rings. The van der Waals surface area contributed by atoms with Gasteiger partial charge in [0.15, 0.2) is 0 Å². The van der Waals surface area contributed by atoms with Gasteiger partial charge in [0.25, 0.3) is 5.91 Å². The molecule has 0 saturated carbocycles. The zero-order valence-corrected chi connectivity index (χ0v) is 19.3. The van der Waals surface area contributed by atoms with Crippen molar-refractivity contribution in [3.63, 3.8) is 0 Å². The van der Waals surface area contributed by atoms with Gasteiger partial charge in [0, 0.05) is 24.2 Å². The third-order valence-corrected chi connectivity index (χ3v) is 7.42. The van der Waals surface area contributed by atoms with Gasteiger partial charge < -0.3 is 9.80 Å². The van der Waals surface area contributed by atoms with E-state index >= 15 is 0 Å². The Morgan fingerprint density at radius 1 is 1.00 bits per heavy atom. The van der Waals surface area contributed by atoms with Gasteiger partial charge in [-0.15, -0.1) is 0 Å². The van der Waals surface area contributed by atoms with E-state index in [-0.39, 0.29) is 41.8 Å². The van der Waals surface area contributed by atoms with Crippen LogP contribution in [0.4, 0.5) is 32.0 Å². The van der Waals surface area contributed by atoms with E-state index in [1.165, 1.54) is 23.1 Å². The van der Waals surface area contributed by atoms with Crippen molar-refractivity contribution in [3.8, 4) is 0 Å². The summed E-state index contributed by atoms with van der Waals surface area (Å²) >= 11 is 12.3. The molecule has 0 aromatic heterocycles. The number of likely N-dealkylation sites (tertiary alicyclic amines) is 1. The fourth-order valence-corrected chi connectivity index (χ4v) is 5.14. The van der Waals surface area contributed by atoms with Crippen molar-refractivity contribution in [1.82, 2.24) is 4.90 Å². The van der Waals surface area contributed by atoms with Gasteiger partial charge in [-0.3, -0.25) is 4.79 Å². The maximum atomic E-state index is 13.5. The van der Waals surface area contributed by atoms with Crippen LogP contribution >= 0.6 is 23.2 Å². The van der Waals surface area contributed by atoms with E-state index < -0.39 is 35.7 Å². The molecular weight excluding hydrogens is 505 g/mol. The molecule has 0 unspecified atom stereocenters. The topological polar surface area (TPSA) is 23.6 Å². The molecule has 11 heteroatoms. The van der Waals surface area contributed by atoms with Gasteiger partial charge in [0.2, 0.25) is 0 Å². The number of carbonyl (C=O) groups excluding carboxylic acids is 1. The first-order chi connectivity index (χ1) is 15.8. The average Bonchev–Trinajstić information content (AvgIpc) is 3.07. The highest BCUT2D eigenvalue weighted by molar-refractivity contribution is 6.44. The molecule has 0 radical (unpaired) electrons. The van der Waals surface area contributed by atoms with E-state index in [0.29, 0.717) is 24.1 Å². The summed E-state index contributed by atoms with van der Waals surface area (Å²) < 4.78 is 78.3. The molecule has 2 aromatic rings. The number of nitrogens with zero attached hydrogens (tertiary/aromatic N) is 2. The Bertz CT molecular complexity index is 1090. The van der Waals surface area contributed by atoms with E-state index in [0.717, 1.165) is 12.1 Å². The number of hydrogen-bond donors (Lipinski definition) is 0. The third kappa shape index (κ3) is 4.88. The summed E-state index contributed by atoms with van der Waals surface area (Å²) in [6, 6.07) is 7.83. The highest BCUT2D eigenvalue weighted by Crippen LogP contribution is 2.49. The lowest BCUT2D eigenvalue weighted by atomic mass is 9.74. The fraction of sp³-hybridized carbons (Fsp3) is 0.435. The lowest BCUT2D eigenvalue weighted by Gasteiger charge is -2.40. The van der Waals surface area contributed by atoms with Crippen molar-refractivity contribution in [1.29, 1.82) is 0 Å². The van der Waals surface area contributed by atoms with Crippen molar-refractivity contribution in [3.05, 3.63) is 63.1 Å². The molecule has 4 rings (SSSR count). The molecule has 34 heavy (non-hydrogen) atoms. The third-order valence-electron chi connectivity index (χ3n) is 6.60. The number of amides is 1. The smallest absolute Gasteiger partial charge is 0.307 e. The van der Waals surface area contributed by atoms with Crippen molar-refractivity contribution in [2.45, 2.75) is 37.0 Å². The number of hydrogen-bond acceptors (Lipinski definition) is 2. The van der Waals surface area contributed by atoms with Crippen molar-refractivity contribution in [2.24, 2.45) is 0 Å². The summed E-state index contributed by atoms with van der Waals surface area (Å²) in [5.74, 6) is -0.495. The highest BCUT2D eigenvalue weighted by Gasteiger charge is 2.48. The van der Waals surface area contributed by atoms with Crippen molar-refractivity contribution >= 4 is 34.8 Å². The van der Waals surface area contributed by atoms with E-state index in [1.54, 1.807) is 11.0 Å². The average molecular weight is 525 g/mol. The van der Waals surface area contributed by atoms with Crippen LogP contribution in [0, 0.1) is 0 Å². The molecule has 0 N–H and O–H groups in total. The monoisotopic (exact) mass is 524 g/mol. The number of carbonyl (C=O) groups is 1. The first-order valence-electron chi connectivity index (χ1n) is 10.6. The van der Waals surface area contributed by atoms with Crippen LogP contribution in [0.25, 0.3) is 0 Å². The van der Waals surface area contributed by atoms with E-state index in [1.807, 2.05) is 0 Å². The van der Waals surface area contributed by atoms with Crippen LogP contribution in [0.5, 0.6) is 0 Å². The largest absolute Gasteiger partial charge is 0.416 e. The minimum absolute atomic E-state index is 0.0468. The van der Waals surface area contributed by atoms with Crippen LogP contribution in [-0.4, -0.2) is 43.2 Å². The minimum Gasteiger partial charge on any atom is -0.307 e. The number of anilines is 1. The summed E-state index contributed by atoms with van der Waals surface area (Å²) in [7, 11) is 0. The summed E-state index contributed by atoms with van der Waals surface area (Å²) in [6.07, 6.45) is -9.15. The first kappa shape index (κ1) is 25.1. The number of benzene rings is 2.